The van der Waals surface area contributed by atoms with Gasteiger partial charge in [-0.25, -0.2) is 23.5 Å². The van der Waals surface area contributed by atoms with Gasteiger partial charge in [0.1, 0.15) is 5.82 Å². The predicted octanol–water partition coefficient (Wildman–Crippen LogP) is 3.81. The highest BCUT2D eigenvalue weighted by atomic mass is 35.5. The molecule has 2 aromatic heterocycles. The van der Waals surface area contributed by atoms with Crippen molar-refractivity contribution < 1.29 is 14.3 Å². The summed E-state index contributed by atoms with van der Waals surface area (Å²) < 4.78 is 15.9. The molecule has 1 N–H and O–H groups in total. The number of nitrogens with zero attached hydrogens (tertiary/aromatic N) is 5. The lowest BCUT2D eigenvalue weighted by atomic mass is 9.98. The van der Waals surface area contributed by atoms with Crippen molar-refractivity contribution in [2.45, 2.75) is 26.7 Å². The number of para-hydroxylation sites is 1. The third-order valence-electron chi connectivity index (χ3n) is 5.72. The summed E-state index contributed by atoms with van der Waals surface area (Å²) in [6, 6.07) is 6.99. The summed E-state index contributed by atoms with van der Waals surface area (Å²) in [5, 5.41) is 9.21. The molecule has 4 rings (SSSR count). The van der Waals surface area contributed by atoms with E-state index in [1.54, 1.807) is 4.90 Å². The summed E-state index contributed by atoms with van der Waals surface area (Å²) >= 11 is 6.03. The lowest BCUT2D eigenvalue weighted by Gasteiger charge is -2.34. The summed E-state index contributed by atoms with van der Waals surface area (Å²) in [5.74, 6) is -0.328. The Labute approximate surface area is 188 Å². The van der Waals surface area contributed by atoms with E-state index in [0.29, 0.717) is 24.2 Å². The maximum Gasteiger partial charge on any atom is 0.407 e. The van der Waals surface area contributed by atoms with Crippen LogP contribution < -0.4 is 10.6 Å². The first-order chi connectivity index (χ1) is 15.2. The van der Waals surface area contributed by atoms with Crippen LogP contribution in [0.4, 0.5) is 15.0 Å². The molecule has 0 spiro atoms. The molecule has 1 amide bonds. The van der Waals surface area contributed by atoms with Gasteiger partial charge in [-0.2, -0.15) is 4.98 Å². The Balaban J connectivity index is 1.97. The monoisotopic (exact) mass is 459 g/mol. The lowest BCUT2D eigenvalue weighted by Crippen LogP contribution is -2.49. The molecular weight excluding hydrogens is 437 g/mol. The van der Waals surface area contributed by atoms with Crippen LogP contribution in [0.5, 0.6) is 0 Å². The molecule has 10 heteroatoms. The average Bonchev–Trinajstić information content (AvgIpc) is 2.75. The van der Waals surface area contributed by atoms with Crippen molar-refractivity contribution in [3.8, 4) is 5.69 Å². The van der Waals surface area contributed by atoms with Crippen LogP contribution in [0.25, 0.3) is 16.7 Å². The number of aryl methyl sites for hydroxylation is 1. The third kappa shape index (κ3) is 3.77. The van der Waals surface area contributed by atoms with Crippen molar-refractivity contribution in [2.24, 2.45) is 0 Å². The fourth-order valence-electron chi connectivity index (χ4n) is 4.09. The fourth-order valence-corrected chi connectivity index (χ4v) is 4.22. The summed E-state index contributed by atoms with van der Waals surface area (Å²) in [6.45, 7) is 7.09. The van der Waals surface area contributed by atoms with Crippen LogP contribution in [0.3, 0.4) is 0 Å². The number of aromatic nitrogens is 3. The van der Waals surface area contributed by atoms with Gasteiger partial charge in [-0.15, -0.1) is 0 Å². The van der Waals surface area contributed by atoms with Crippen LogP contribution in [0.2, 0.25) is 5.15 Å². The van der Waals surface area contributed by atoms with E-state index in [-0.39, 0.29) is 35.6 Å². The zero-order chi connectivity index (χ0) is 23.2. The molecule has 168 valence electrons. The van der Waals surface area contributed by atoms with Gasteiger partial charge in [-0.3, -0.25) is 0 Å². The molecule has 1 aliphatic heterocycles. The van der Waals surface area contributed by atoms with Crippen LogP contribution in [0.15, 0.2) is 29.1 Å². The number of amides is 1. The molecule has 32 heavy (non-hydrogen) atoms. The van der Waals surface area contributed by atoms with E-state index in [1.807, 2.05) is 39.0 Å². The molecule has 0 unspecified atom stereocenters. The Bertz CT molecular complexity index is 1270. The number of pyridine rings is 1. The van der Waals surface area contributed by atoms with Crippen LogP contribution in [0, 0.1) is 12.7 Å². The smallest absolute Gasteiger partial charge is 0.407 e. The number of hydrogen-bond acceptors (Lipinski definition) is 5. The number of fused-ring (bicyclic) bond motifs is 1. The number of hydrogen-bond donors (Lipinski definition) is 1. The molecule has 3 heterocycles. The van der Waals surface area contributed by atoms with Crippen molar-refractivity contribution in [1.29, 1.82) is 0 Å². The molecule has 1 saturated heterocycles. The number of carbonyl (C=O) groups is 1. The molecule has 0 aliphatic carbocycles. The van der Waals surface area contributed by atoms with E-state index < -0.39 is 17.6 Å². The average molecular weight is 460 g/mol. The largest absolute Gasteiger partial charge is 0.465 e. The number of benzene rings is 1. The molecule has 1 fully saturated rings. The van der Waals surface area contributed by atoms with E-state index >= 15 is 0 Å². The van der Waals surface area contributed by atoms with Gasteiger partial charge in [0, 0.05) is 26.2 Å². The molecule has 1 aromatic carbocycles. The number of carboxylic acid groups (broad SMARTS) is 1. The van der Waals surface area contributed by atoms with Gasteiger partial charge in [0.05, 0.1) is 11.1 Å². The maximum absolute atomic E-state index is 14.5. The van der Waals surface area contributed by atoms with Crippen molar-refractivity contribution in [2.75, 3.05) is 31.1 Å². The molecule has 0 saturated carbocycles. The second-order valence-electron chi connectivity index (χ2n) is 8.11. The standard InChI is InChI=1S/C22H23ClFN5O3/c1-12(2)14-6-4-5-13(3)17(14)29-20-15(11-16(24)18(23)25-20)19(26-21(29)30)27-7-9-28(10-8-27)22(31)32/h4-6,11-12H,7-10H2,1-3H3,(H,31,32). The maximum atomic E-state index is 14.5. The van der Waals surface area contributed by atoms with Crippen LogP contribution in [-0.2, 0) is 0 Å². The number of anilines is 1. The summed E-state index contributed by atoms with van der Waals surface area (Å²) in [6.07, 6.45) is -1.00. The normalized spacial score (nSPS) is 14.4. The highest BCUT2D eigenvalue weighted by Gasteiger charge is 2.26. The van der Waals surface area contributed by atoms with Crippen molar-refractivity contribution in [3.63, 3.8) is 0 Å². The Hall–Kier alpha value is -3.20. The van der Waals surface area contributed by atoms with Gasteiger partial charge in [0.2, 0.25) is 0 Å². The minimum absolute atomic E-state index is 0.117. The quantitative estimate of drug-likeness (QED) is 0.599. The van der Waals surface area contributed by atoms with E-state index in [0.717, 1.165) is 11.1 Å². The summed E-state index contributed by atoms with van der Waals surface area (Å²) in [5.41, 5.74) is 2.09. The minimum Gasteiger partial charge on any atom is -0.465 e. The molecular formula is C22H23ClFN5O3. The Morgan fingerprint density at radius 1 is 1.19 bits per heavy atom. The fraction of sp³-hybridized carbons (Fsp3) is 0.364. The summed E-state index contributed by atoms with van der Waals surface area (Å²) in [7, 11) is 0. The SMILES string of the molecule is Cc1cccc(C(C)C)c1-n1c(=O)nc(N2CCN(C(=O)O)CC2)c2cc(F)c(Cl)nc21. The Morgan fingerprint density at radius 2 is 1.88 bits per heavy atom. The lowest BCUT2D eigenvalue weighted by molar-refractivity contribution is 0.142. The molecule has 0 atom stereocenters. The number of halogens is 2. The zero-order valence-electron chi connectivity index (χ0n) is 18.0. The van der Waals surface area contributed by atoms with Gasteiger partial charge in [0.15, 0.2) is 16.6 Å². The van der Waals surface area contributed by atoms with E-state index in [2.05, 4.69) is 9.97 Å². The van der Waals surface area contributed by atoms with Gasteiger partial charge >= 0.3 is 11.8 Å². The third-order valence-corrected chi connectivity index (χ3v) is 5.99. The molecule has 0 bridgehead atoms. The van der Waals surface area contributed by atoms with Crippen molar-refractivity contribution >= 4 is 34.5 Å². The van der Waals surface area contributed by atoms with Crippen LogP contribution in [-0.4, -0.2) is 56.8 Å². The van der Waals surface area contributed by atoms with E-state index in [9.17, 15) is 19.1 Å². The summed E-state index contributed by atoms with van der Waals surface area (Å²) in [4.78, 5) is 36.2. The number of rotatable bonds is 3. The van der Waals surface area contributed by atoms with Crippen molar-refractivity contribution in [3.05, 3.63) is 56.8 Å². The molecule has 8 nitrogen and oxygen atoms in total. The Kier molecular flexibility index (Phi) is 5.77. The highest BCUT2D eigenvalue weighted by Crippen LogP contribution is 2.31. The topological polar surface area (TPSA) is 91.6 Å². The Morgan fingerprint density at radius 3 is 2.50 bits per heavy atom. The molecule has 0 radical (unpaired) electrons. The van der Waals surface area contributed by atoms with Gasteiger partial charge in [0.25, 0.3) is 0 Å². The predicted molar refractivity (Wildman–Crippen MR) is 121 cm³/mol. The minimum atomic E-state index is -1.00. The second-order valence-corrected chi connectivity index (χ2v) is 8.47. The second kappa shape index (κ2) is 8.38. The first kappa shape index (κ1) is 22.0. The first-order valence-corrected chi connectivity index (χ1v) is 10.7. The van der Waals surface area contributed by atoms with Gasteiger partial charge in [-0.05, 0) is 30.0 Å². The van der Waals surface area contributed by atoms with Gasteiger partial charge < -0.3 is 14.9 Å². The van der Waals surface area contributed by atoms with Crippen molar-refractivity contribution in [1.82, 2.24) is 19.4 Å². The van der Waals surface area contributed by atoms with E-state index in [1.165, 1.54) is 15.5 Å². The number of piperazine rings is 1. The molecule has 1 aliphatic rings. The first-order valence-electron chi connectivity index (χ1n) is 10.3. The van der Waals surface area contributed by atoms with Crippen LogP contribution >= 0.6 is 11.6 Å². The van der Waals surface area contributed by atoms with E-state index in [4.69, 9.17) is 11.6 Å². The highest BCUT2D eigenvalue weighted by molar-refractivity contribution is 6.30. The zero-order valence-corrected chi connectivity index (χ0v) is 18.7. The molecule has 3 aromatic rings. The van der Waals surface area contributed by atoms with Crippen LogP contribution in [0.1, 0.15) is 30.9 Å². The van der Waals surface area contributed by atoms with Gasteiger partial charge in [-0.1, -0.05) is 43.6 Å².